The van der Waals surface area contributed by atoms with Gasteiger partial charge in [-0.2, -0.15) is 10.1 Å². The van der Waals surface area contributed by atoms with Crippen molar-refractivity contribution >= 4 is 17.0 Å². The lowest BCUT2D eigenvalue weighted by Gasteiger charge is -2.26. The van der Waals surface area contributed by atoms with Crippen molar-refractivity contribution in [2.45, 2.75) is 57.4 Å². The standard InChI is InChI=1S/C22H27N5O/c1-21(2,3)27-18-16(13-24-27)19(28)26-20(25-18)23-12-15-11-22(15)10-6-8-14-7-4-5-9-17(14)22/h4-5,7,9,13,15H,6,8,10-12H2,1-3H3,(H2,23,25,26,28). The molecule has 5 rings (SSSR count). The third-order valence-electron chi connectivity index (χ3n) is 6.44. The van der Waals surface area contributed by atoms with Gasteiger partial charge in [0.05, 0.1) is 11.7 Å². The van der Waals surface area contributed by atoms with Gasteiger partial charge in [0.2, 0.25) is 5.95 Å². The Labute approximate surface area is 164 Å². The number of benzene rings is 1. The van der Waals surface area contributed by atoms with Crippen LogP contribution in [0.25, 0.3) is 11.0 Å². The summed E-state index contributed by atoms with van der Waals surface area (Å²) in [5, 5.41) is 8.31. The molecular formula is C22H27N5O. The highest BCUT2D eigenvalue weighted by Gasteiger charge is 2.56. The minimum Gasteiger partial charge on any atom is -0.355 e. The molecule has 2 N–H and O–H groups in total. The van der Waals surface area contributed by atoms with E-state index in [1.807, 2.05) is 4.68 Å². The van der Waals surface area contributed by atoms with E-state index in [-0.39, 0.29) is 11.1 Å². The molecule has 0 saturated heterocycles. The normalized spacial score (nSPS) is 23.8. The van der Waals surface area contributed by atoms with Gasteiger partial charge in [0.25, 0.3) is 5.56 Å². The molecule has 28 heavy (non-hydrogen) atoms. The third kappa shape index (κ3) is 2.65. The number of aromatic nitrogens is 4. The Bertz CT molecular complexity index is 1110. The number of hydrogen-bond donors (Lipinski definition) is 2. The van der Waals surface area contributed by atoms with Crippen LogP contribution in [0.1, 0.15) is 51.2 Å². The second-order valence-electron chi connectivity index (χ2n) is 9.33. The average Bonchev–Trinajstić information content (AvgIpc) is 3.14. The van der Waals surface area contributed by atoms with Crippen LogP contribution in [0.4, 0.5) is 5.95 Å². The molecule has 1 aromatic carbocycles. The first kappa shape index (κ1) is 17.5. The lowest BCUT2D eigenvalue weighted by atomic mass is 9.78. The molecule has 0 amide bonds. The van der Waals surface area contributed by atoms with E-state index in [9.17, 15) is 4.79 Å². The van der Waals surface area contributed by atoms with Gasteiger partial charge >= 0.3 is 0 Å². The number of nitrogens with one attached hydrogen (secondary N) is 2. The van der Waals surface area contributed by atoms with E-state index < -0.39 is 0 Å². The topological polar surface area (TPSA) is 75.6 Å². The molecule has 0 radical (unpaired) electrons. The van der Waals surface area contributed by atoms with Gasteiger partial charge in [-0.3, -0.25) is 9.78 Å². The first-order valence-corrected chi connectivity index (χ1v) is 10.2. The van der Waals surface area contributed by atoms with E-state index in [4.69, 9.17) is 0 Å². The number of anilines is 1. The van der Waals surface area contributed by atoms with Crippen molar-refractivity contribution in [1.29, 1.82) is 0 Å². The van der Waals surface area contributed by atoms with Crippen LogP contribution in [0.3, 0.4) is 0 Å². The van der Waals surface area contributed by atoms with Crippen molar-refractivity contribution in [3.8, 4) is 0 Å². The summed E-state index contributed by atoms with van der Waals surface area (Å²) in [5.41, 5.74) is 3.63. The van der Waals surface area contributed by atoms with E-state index in [1.165, 1.54) is 36.8 Å². The number of H-pyrrole nitrogens is 1. The lowest BCUT2D eigenvalue weighted by molar-refractivity contribution is 0.366. The smallest absolute Gasteiger partial charge is 0.263 e. The predicted molar refractivity (Wildman–Crippen MR) is 111 cm³/mol. The SMILES string of the molecule is CC(C)(C)n1ncc2c(=O)[nH]c(NCC3CC34CCCc3ccccc34)nc21. The molecule has 1 spiro atoms. The predicted octanol–water partition coefficient (Wildman–Crippen LogP) is 3.58. The molecule has 0 aliphatic heterocycles. The van der Waals surface area contributed by atoms with Crippen molar-refractivity contribution in [1.82, 2.24) is 19.7 Å². The molecule has 2 atom stereocenters. The lowest BCUT2D eigenvalue weighted by Crippen LogP contribution is -2.25. The minimum atomic E-state index is -0.230. The molecule has 3 aromatic rings. The molecule has 2 aromatic heterocycles. The monoisotopic (exact) mass is 377 g/mol. The Morgan fingerprint density at radius 2 is 2.14 bits per heavy atom. The van der Waals surface area contributed by atoms with E-state index in [1.54, 1.807) is 6.20 Å². The fraction of sp³-hybridized carbons (Fsp3) is 0.500. The quantitative estimate of drug-likeness (QED) is 0.731. The van der Waals surface area contributed by atoms with Gasteiger partial charge in [-0.25, -0.2) is 4.68 Å². The number of fused-ring (bicyclic) bond motifs is 3. The van der Waals surface area contributed by atoms with Gasteiger partial charge in [0.1, 0.15) is 5.39 Å². The summed E-state index contributed by atoms with van der Waals surface area (Å²) in [7, 11) is 0. The van der Waals surface area contributed by atoms with Crippen molar-refractivity contribution in [2.75, 3.05) is 11.9 Å². The zero-order valence-corrected chi connectivity index (χ0v) is 16.7. The molecular weight excluding hydrogens is 350 g/mol. The van der Waals surface area contributed by atoms with Gasteiger partial charge in [-0.1, -0.05) is 24.3 Å². The molecule has 146 valence electrons. The molecule has 2 heterocycles. The van der Waals surface area contributed by atoms with Crippen LogP contribution >= 0.6 is 0 Å². The highest BCUT2D eigenvalue weighted by molar-refractivity contribution is 5.74. The van der Waals surface area contributed by atoms with Crippen LogP contribution < -0.4 is 10.9 Å². The minimum absolute atomic E-state index is 0.142. The van der Waals surface area contributed by atoms with Gasteiger partial charge in [-0.15, -0.1) is 0 Å². The van der Waals surface area contributed by atoms with Crippen molar-refractivity contribution in [3.05, 3.63) is 51.9 Å². The first-order chi connectivity index (χ1) is 13.4. The summed E-state index contributed by atoms with van der Waals surface area (Å²) < 4.78 is 1.82. The van der Waals surface area contributed by atoms with Gasteiger partial charge in [0, 0.05) is 12.0 Å². The van der Waals surface area contributed by atoms with Gasteiger partial charge in [0.15, 0.2) is 5.65 Å². The van der Waals surface area contributed by atoms with Gasteiger partial charge in [-0.05, 0) is 63.5 Å². The second-order valence-corrected chi connectivity index (χ2v) is 9.33. The fourth-order valence-corrected chi connectivity index (χ4v) is 4.95. The number of aromatic amines is 1. The van der Waals surface area contributed by atoms with Crippen LogP contribution in [0.2, 0.25) is 0 Å². The molecule has 1 saturated carbocycles. The molecule has 2 aliphatic carbocycles. The van der Waals surface area contributed by atoms with Crippen LogP contribution in [0.15, 0.2) is 35.3 Å². The van der Waals surface area contributed by atoms with E-state index in [2.05, 4.69) is 65.4 Å². The van der Waals surface area contributed by atoms with Crippen LogP contribution in [0.5, 0.6) is 0 Å². The largest absolute Gasteiger partial charge is 0.355 e. The van der Waals surface area contributed by atoms with Crippen molar-refractivity contribution in [3.63, 3.8) is 0 Å². The maximum absolute atomic E-state index is 12.5. The third-order valence-corrected chi connectivity index (χ3v) is 6.44. The highest BCUT2D eigenvalue weighted by atomic mass is 16.1. The molecule has 2 aliphatic rings. The Hall–Kier alpha value is -2.63. The Kier molecular flexibility index (Phi) is 3.70. The summed E-state index contributed by atoms with van der Waals surface area (Å²) in [6.45, 7) is 7.00. The second kappa shape index (κ2) is 5.93. The molecule has 0 bridgehead atoms. The molecule has 6 nitrogen and oxygen atoms in total. The fourth-order valence-electron chi connectivity index (χ4n) is 4.95. The summed E-state index contributed by atoms with van der Waals surface area (Å²) >= 11 is 0. The number of aryl methyl sites for hydroxylation is 1. The summed E-state index contributed by atoms with van der Waals surface area (Å²) in [6.07, 6.45) is 6.53. The van der Waals surface area contributed by atoms with Gasteiger partial charge < -0.3 is 5.32 Å². The maximum atomic E-state index is 12.5. The summed E-state index contributed by atoms with van der Waals surface area (Å²) in [4.78, 5) is 20.0. The zero-order chi connectivity index (χ0) is 19.5. The Morgan fingerprint density at radius 3 is 2.96 bits per heavy atom. The van der Waals surface area contributed by atoms with Crippen LogP contribution in [-0.4, -0.2) is 26.3 Å². The Balaban J connectivity index is 1.39. The van der Waals surface area contributed by atoms with Crippen molar-refractivity contribution < 1.29 is 0 Å². The average molecular weight is 377 g/mol. The van der Waals surface area contributed by atoms with Crippen molar-refractivity contribution in [2.24, 2.45) is 5.92 Å². The molecule has 1 fully saturated rings. The maximum Gasteiger partial charge on any atom is 0.263 e. The number of rotatable bonds is 3. The van der Waals surface area contributed by atoms with E-state index in [0.29, 0.717) is 28.3 Å². The number of hydrogen-bond acceptors (Lipinski definition) is 4. The molecule has 6 heteroatoms. The first-order valence-electron chi connectivity index (χ1n) is 10.2. The molecule has 2 unspecified atom stereocenters. The number of nitrogens with zero attached hydrogens (tertiary/aromatic N) is 3. The van der Waals surface area contributed by atoms with E-state index in [0.717, 1.165) is 6.54 Å². The Morgan fingerprint density at radius 1 is 1.32 bits per heavy atom. The zero-order valence-electron chi connectivity index (χ0n) is 16.7. The van der Waals surface area contributed by atoms with Crippen LogP contribution in [0, 0.1) is 5.92 Å². The van der Waals surface area contributed by atoms with Crippen LogP contribution in [-0.2, 0) is 17.4 Å². The summed E-state index contributed by atoms with van der Waals surface area (Å²) in [6, 6.07) is 8.90. The van der Waals surface area contributed by atoms with E-state index >= 15 is 0 Å². The summed E-state index contributed by atoms with van der Waals surface area (Å²) in [5.74, 6) is 1.12. The highest BCUT2D eigenvalue weighted by Crippen LogP contribution is 2.60.